The molecule has 1 fully saturated rings. The molecule has 0 spiro atoms. The SMILES string of the molecule is CC(NC(=O)N1CCN(S(=O)(=O)c2cccc(Br)c2)CC1)c1cccs1. The van der Waals surface area contributed by atoms with E-state index in [1.54, 1.807) is 40.5 Å². The first-order valence-electron chi connectivity index (χ1n) is 8.22. The first-order valence-corrected chi connectivity index (χ1v) is 11.3. The van der Waals surface area contributed by atoms with E-state index in [4.69, 9.17) is 0 Å². The Labute approximate surface area is 166 Å². The first-order chi connectivity index (χ1) is 12.4. The predicted molar refractivity (Wildman–Crippen MR) is 106 cm³/mol. The van der Waals surface area contributed by atoms with Crippen LogP contribution in [0.1, 0.15) is 17.8 Å². The zero-order valence-electron chi connectivity index (χ0n) is 14.3. The average Bonchev–Trinajstić information content (AvgIpc) is 3.16. The molecule has 0 bridgehead atoms. The summed E-state index contributed by atoms with van der Waals surface area (Å²) in [5, 5.41) is 4.94. The van der Waals surface area contributed by atoms with Crippen molar-refractivity contribution in [1.82, 2.24) is 14.5 Å². The molecule has 1 N–H and O–H groups in total. The van der Waals surface area contributed by atoms with E-state index in [2.05, 4.69) is 21.2 Å². The number of urea groups is 1. The maximum absolute atomic E-state index is 12.7. The summed E-state index contributed by atoms with van der Waals surface area (Å²) >= 11 is 4.90. The molecular formula is C17H20BrN3O3S2. The van der Waals surface area contributed by atoms with Crippen LogP contribution in [0.5, 0.6) is 0 Å². The third kappa shape index (κ3) is 4.28. The van der Waals surface area contributed by atoms with Gasteiger partial charge in [-0.3, -0.25) is 0 Å². The van der Waals surface area contributed by atoms with Gasteiger partial charge in [0.1, 0.15) is 0 Å². The number of rotatable bonds is 4. The molecule has 0 radical (unpaired) electrons. The number of piperazine rings is 1. The summed E-state index contributed by atoms with van der Waals surface area (Å²) < 4.78 is 27.6. The largest absolute Gasteiger partial charge is 0.331 e. The lowest BCUT2D eigenvalue weighted by atomic mass is 10.3. The number of sulfonamides is 1. The molecule has 26 heavy (non-hydrogen) atoms. The number of thiophene rings is 1. The van der Waals surface area contributed by atoms with Crippen molar-refractivity contribution in [3.05, 3.63) is 51.1 Å². The third-order valence-corrected chi connectivity index (χ3v) is 7.71. The van der Waals surface area contributed by atoms with Crippen LogP contribution >= 0.6 is 27.3 Å². The quantitative estimate of drug-likeness (QED) is 0.765. The molecule has 0 aliphatic carbocycles. The van der Waals surface area contributed by atoms with Gasteiger partial charge in [-0.1, -0.05) is 28.1 Å². The standard InChI is InChI=1S/C17H20BrN3O3S2/c1-13(16-6-3-11-25-16)19-17(22)20-7-9-21(10-8-20)26(23,24)15-5-2-4-14(18)12-15/h2-6,11-13H,7-10H2,1H3,(H,19,22). The van der Waals surface area contributed by atoms with Crippen molar-refractivity contribution in [2.75, 3.05) is 26.2 Å². The van der Waals surface area contributed by atoms with Crippen LogP contribution in [0.3, 0.4) is 0 Å². The number of amides is 2. The second-order valence-corrected chi connectivity index (χ2v) is 9.87. The van der Waals surface area contributed by atoms with Crippen LogP contribution in [-0.2, 0) is 10.0 Å². The molecule has 9 heteroatoms. The fourth-order valence-corrected chi connectivity index (χ4v) is 5.55. The van der Waals surface area contributed by atoms with Gasteiger partial charge >= 0.3 is 6.03 Å². The predicted octanol–water partition coefficient (Wildman–Crippen LogP) is 3.29. The minimum Gasteiger partial charge on any atom is -0.331 e. The summed E-state index contributed by atoms with van der Waals surface area (Å²) in [5.41, 5.74) is 0. The van der Waals surface area contributed by atoms with Crippen LogP contribution in [0.2, 0.25) is 0 Å². The van der Waals surface area contributed by atoms with Gasteiger partial charge in [0.2, 0.25) is 10.0 Å². The van der Waals surface area contributed by atoms with Gasteiger partial charge in [-0.15, -0.1) is 11.3 Å². The second-order valence-electron chi connectivity index (χ2n) is 6.04. The number of hydrogen-bond donors (Lipinski definition) is 1. The van der Waals surface area contributed by atoms with Crippen molar-refractivity contribution in [3.8, 4) is 0 Å². The molecule has 2 aromatic rings. The fraction of sp³-hybridized carbons (Fsp3) is 0.353. The zero-order valence-corrected chi connectivity index (χ0v) is 17.5. The van der Waals surface area contributed by atoms with E-state index < -0.39 is 10.0 Å². The summed E-state index contributed by atoms with van der Waals surface area (Å²) in [6.07, 6.45) is 0. The van der Waals surface area contributed by atoms with E-state index in [9.17, 15) is 13.2 Å². The lowest BCUT2D eigenvalue weighted by Crippen LogP contribution is -2.53. The lowest BCUT2D eigenvalue weighted by Gasteiger charge is -2.34. The van der Waals surface area contributed by atoms with Crippen LogP contribution < -0.4 is 5.32 Å². The molecule has 6 nitrogen and oxygen atoms in total. The maximum atomic E-state index is 12.7. The van der Waals surface area contributed by atoms with E-state index >= 15 is 0 Å². The molecular weight excluding hydrogens is 438 g/mol. The van der Waals surface area contributed by atoms with E-state index in [0.29, 0.717) is 13.1 Å². The van der Waals surface area contributed by atoms with Gasteiger partial charge in [0, 0.05) is 35.5 Å². The molecule has 1 atom stereocenters. The molecule has 1 aromatic heterocycles. The van der Waals surface area contributed by atoms with Crippen LogP contribution in [0.4, 0.5) is 4.79 Å². The number of nitrogens with one attached hydrogen (secondary N) is 1. The van der Waals surface area contributed by atoms with Gasteiger partial charge in [-0.25, -0.2) is 13.2 Å². The number of benzene rings is 1. The molecule has 140 valence electrons. The third-order valence-electron chi connectivity index (χ3n) is 4.27. The average molecular weight is 458 g/mol. The highest BCUT2D eigenvalue weighted by Gasteiger charge is 2.30. The summed E-state index contributed by atoms with van der Waals surface area (Å²) in [6.45, 7) is 3.26. The van der Waals surface area contributed by atoms with Crippen molar-refractivity contribution in [2.24, 2.45) is 0 Å². The van der Waals surface area contributed by atoms with Gasteiger partial charge in [-0.2, -0.15) is 4.31 Å². The van der Waals surface area contributed by atoms with Crippen molar-refractivity contribution in [1.29, 1.82) is 0 Å². The van der Waals surface area contributed by atoms with E-state index in [0.717, 1.165) is 9.35 Å². The minimum atomic E-state index is -3.55. The second kappa shape index (κ2) is 8.08. The summed E-state index contributed by atoms with van der Waals surface area (Å²) in [6, 6.07) is 10.4. The Morgan fingerprint density at radius 1 is 1.19 bits per heavy atom. The topological polar surface area (TPSA) is 69.7 Å². The lowest BCUT2D eigenvalue weighted by molar-refractivity contribution is 0.169. The van der Waals surface area contributed by atoms with Crippen LogP contribution in [0.15, 0.2) is 51.1 Å². The molecule has 1 saturated heterocycles. The molecule has 1 aliphatic heterocycles. The molecule has 1 aliphatic rings. The van der Waals surface area contributed by atoms with Gasteiger partial charge in [0.25, 0.3) is 0 Å². The smallest absolute Gasteiger partial charge is 0.317 e. The van der Waals surface area contributed by atoms with Crippen molar-refractivity contribution in [3.63, 3.8) is 0 Å². The van der Waals surface area contributed by atoms with E-state index in [-0.39, 0.29) is 30.1 Å². The summed E-state index contributed by atoms with van der Waals surface area (Å²) in [7, 11) is -3.55. The van der Waals surface area contributed by atoms with Crippen LogP contribution in [0.25, 0.3) is 0 Å². The van der Waals surface area contributed by atoms with E-state index in [1.165, 1.54) is 4.31 Å². The fourth-order valence-electron chi connectivity index (χ4n) is 2.79. The van der Waals surface area contributed by atoms with Gasteiger partial charge in [0.15, 0.2) is 0 Å². The van der Waals surface area contributed by atoms with Gasteiger partial charge in [-0.05, 0) is 36.6 Å². The number of hydrogen-bond acceptors (Lipinski definition) is 4. The van der Waals surface area contributed by atoms with E-state index in [1.807, 2.05) is 24.4 Å². The normalized spacial score (nSPS) is 17.1. The first kappa shape index (κ1) is 19.3. The Kier molecular flexibility index (Phi) is 6.01. The molecule has 3 rings (SSSR count). The minimum absolute atomic E-state index is 0.0640. The Morgan fingerprint density at radius 3 is 2.54 bits per heavy atom. The van der Waals surface area contributed by atoms with Crippen molar-refractivity contribution in [2.45, 2.75) is 17.9 Å². The Hall–Kier alpha value is -1.42. The number of carbonyl (C=O) groups is 1. The van der Waals surface area contributed by atoms with Gasteiger partial charge < -0.3 is 10.2 Å². The molecule has 2 amide bonds. The number of halogens is 1. The maximum Gasteiger partial charge on any atom is 0.317 e. The van der Waals surface area contributed by atoms with Crippen LogP contribution in [-0.4, -0.2) is 49.8 Å². The Balaban J connectivity index is 1.59. The summed E-state index contributed by atoms with van der Waals surface area (Å²) in [4.78, 5) is 15.4. The molecule has 1 aromatic carbocycles. The highest BCUT2D eigenvalue weighted by Crippen LogP contribution is 2.22. The highest BCUT2D eigenvalue weighted by atomic mass is 79.9. The van der Waals surface area contributed by atoms with Crippen molar-refractivity contribution >= 4 is 43.3 Å². The summed E-state index contributed by atoms with van der Waals surface area (Å²) in [5.74, 6) is 0. The van der Waals surface area contributed by atoms with Crippen LogP contribution in [0, 0.1) is 0 Å². The molecule has 2 heterocycles. The molecule has 1 unspecified atom stereocenters. The van der Waals surface area contributed by atoms with Gasteiger partial charge in [0.05, 0.1) is 10.9 Å². The molecule has 0 saturated carbocycles. The Morgan fingerprint density at radius 2 is 1.92 bits per heavy atom. The number of nitrogens with zero attached hydrogens (tertiary/aromatic N) is 2. The monoisotopic (exact) mass is 457 g/mol. The Bertz CT molecular complexity index is 863. The zero-order chi connectivity index (χ0) is 18.7. The van der Waals surface area contributed by atoms with Crippen molar-refractivity contribution < 1.29 is 13.2 Å². The highest BCUT2D eigenvalue weighted by molar-refractivity contribution is 9.10. The number of carbonyl (C=O) groups excluding carboxylic acids is 1.